The molecule has 0 aliphatic carbocycles. The Morgan fingerprint density at radius 2 is 1.33 bits per heavy atom. The van der Waals surface area contributed by atoms with Crippen LogP contribution < -0.4 is 0 Å². The smallest absolute Gasteiger partial charge is 0.110 e. The van der Waals surface area contributed by atoms with Crippen molar-refractivity contribution in [3.05, 3.63) is 0 Å². The molecule has 4 heteroatoms. The molecule has 0 spiro atoms. The lowest BCUT2D eigenvalue weighted by atomic mass is 10.3. The molecular formula is C8H14N4. The third kappa shape index (κ3) is 2.50. The average Bonchev–Trinajstić information content (AvgIpc) is 2.03. The summed E-state index contributed by atoms with van der Waals surface area (Å²) in [6.07, 6.45) is 0. The lowest BCUT2D eigenvalue weighted by Gasteiger charge is -2.32. The molecule has 0 rings (SSSR count). The summed E-state index contributed by atoms with van der Waals surface area (Å²) >= 11 is 0. The number of hydrogen-bond donors (Lipinski definition) is 0. The summed E-state index contributed by atoms with van der Waals surface area (Å²) in [5.41, 5.74) is 0. The molecule has 0 saturated carbocycles. The summed E-state index contributed by atoms with van der Waals surface area (Å²) in [5, 5.41) is 20.8. The molecule has 0 aromatic carbocycles. The number of hydrogen-bond acceptors (Lipinski definition) is 4. The highest BCUT2D eigenvalue weighted by Crippen LogP contribution is 2.05. The summed E-state index contributed by atoms with van der Waals surface area (Å²) in [6, 6.07) is 3.65. The Balaban J connectivity index is 4.48. The standard InChI is InChI=1S/C8H14N4/c1-7(5-9)12(11(3)4)8(2)6-10/h7-8H,1-4H3/t7-,8-/m1/s1. The van der Waals surface area contributed by atoms with Crippen LogP contribution in [0.25, 0.3) is 0 Å². The molecule has 0 aliphatic rings. The van der Waals surface area contributed by atoms with Crippen molar-refractivity contribution in [2.75, 3.05) is 14.1 Å². The van der Waals surface area contributed by atoms with E-state index in [-0.39, 0.29) is 12.1 Å². The first-order valence-electron chi connectivity index (χ1n) is 3.79. The summed E-state index contributed by atoms with van der Waals surface area (Å²) < 4.78 is 0. The van der Waals surface area contributed by atoms with Crippen molar-refractivity contribution in [3.8, 4) is 12.1 Å². The maximum Gasteiger partial charge on any atom is 0.110 e. The third-order valence-corrected chi connectivity index (χ3v) is 1.63. The van der Waals surface area contributed by atoms with Gasteiger partial charge in [-0.05, 0) is 13.8 Å². The second-order valence-electron chi connectivity index (χ2n) is 2.84. The van der Waals surface area contributed by atoms with Crippen LogP contribution in [0.3, 0.4) is 0 Å². The first-order valence-corrected chi connectivity index (χ1v) is 3.79. The van der Waals surface area contributed by atoms with Crippen molar-refractivity contribution in [2.45, 2.75) is 25.9 Å². The van der Waals surface area contributed by atoms with E-state index in [4.69, 9.17) is 10.5 Å². The van der Waals surface area contributed by atoms with Gasteiger partial charge in [0.15, 0.2) is 0 Å². The minimum absolute atomic E-state index is 0.269. The van der Waals surface area contributed by atoms with Crippen LogP contribution in [-0.2, 0) is 0 Å². The topological polar surface area (TPSA) is 54.1 Å². The number of hydrazine groups is 1. The number of nitrogens with zero attached hydrogens (tertiary/aromatic N) is 4. The minimum atomic E-state index is -0.269. The van der Waals surface area contributed by atoms with E-state index in [2.05, 4.69) is 12.1 Å². The first kappa shape index (κ1) is 10.9. The molecule has 0 saturated heterocycles. The van der Waals surface area contributed by atoms with Crippen LogP contribution in [0.5, 0.6) is 0 Å². The Morgan fingerprint density at radius 1 is 1.00 bits per heavy atom. The molecule has 0 amide bonds. The van der Waals surface area contributed by atoms with Gasteiger partial charge in [0, 0.05) is 14.1 Å². The van der Waals surface area contributed by atoms with Crippen molar-refractivity contribution >= 4 is 0 Å². The highest BCUT2D eigenvalue weighted by molar-refractivity contribution is 4.95. The van der Waals surface area contributed by atoms with Gasteiger partial charge >= 0.3 is 0 Å². The lowest BCUT2D eigenvalue weighted by molar-refractivity contribution is -0.0105. The Kier molecular flexibility index (Phi) is 4.28. The Hall–Kier alpha value is -1.10. The fourth-order valence-corrected chi connectivity index (χ4v) is 1.15. The fourth-order valence-electron chi connectivity index (χ4n) is 1.15. The molecule has 0 radical (unpaired) electrons. The molecule has 0 N–H and O–H groups in total. The van der Waals surface area contributed by atoms with E-state index in [1.807, 2.05) is 14.1 Å². The maximum absolute atomic E-state index is 8.67. The molecule has 0 heterocycles. The third-order valence-electron chi connectivity index (χ3n) is 1.63. The van der Waals surface area contributed by atoms with Crippen LogP contribution in [0.15, 0.2) is 0 Å². The van der Waals surface area contributed by atoms with E-state index < -0.39 is 0 Å². The van der Waals surface area contributed by atoms with Gasteiger partial charge in [0.2, 0.25) is 0 Å². The van der Waals surface area contributed by atoms with Gasteiger partial charge in [-0.2, -0.15) is 10.5 Å². The van der Waals surface area contributed by atoms with E-state index in [9.17, 15) is 0 Å². The van der Waals surface area contributed by atoms with Gasteiger partial charge in [-0.15, -0.1) is 0 Å². The van der Waals surface area contributed by atoms with Crippen LogP contribution in [0.1, 0.15) is 13.8 Å². The molecule has 2 atom stereocenters. The van der Waals surface area contributed by atoms with Crippen molar-refractivity contribution in [2.24, 2.45) is 0 Å². The average molecular weight is 166 g/mol. The second-order valence-corrected chi connectivity index (χ2v) is 2.84. The Morgan fingerprint density at radius 3 is 1.50 bits per heavy atom. The van der Waals surface area contributed by atoms with Crippen molar-refractivity contribution in [1.29, 1.82) is 10.5 Å². The zero-order valence-electron chi connectivity index (χ0n) is 7.94. The van der Waals surface area contributed by atoms with Gasteiger partial charge in [0.05, 0.1) is 12.1 Å². The van der Waals surface area contributed by atoms with Crippen molar-refractivity contribution in [1.82, 2.24) is 10.0 Å². The molecule has 0 bridgehead atoms. The molecule has 66 valence electrons. The van der Waals surface area contributed by atoms with Gasteiger partial charge in [-0.25, -0.2) is 10.0 Å². The summed E-state index contributed by atoms with van der Waals surface area (Å²) in [6.45, 7) is 3.54. The number of nitriles is 2. The Bertz CT molecular complexity index is 190. The first-order chi connectivity index (χ1) is 5.54. The van der Waals surface area contributed by atoms with Gasteiger partial charge in [0.25, 0.3) is 0 Å². The zero-order valence-corrected chi connectivity index (χ0v) is 7.94. The summed E-state index contributed by atoms with van der Waals surface area (Å²) in [7, 11) is 3.64. The van der Waals surface area contributed by atoms with E-state index in [1.54, 1.807) is 23.9 Å². The predicted molar refractivity (Wildman–Crippen MR) is 45.7 cm³/mol. The van der Waals surface area contributed by atoms with Gasteiger partial charge in [-0.1, -0.05) is 0 Å². The molecule has 0 aromatic rings. The van der Waals surface area contributed by atoms with Crippen LogP contribution in [0, 0.1) is 22.7 Å². The molecule has 0 unspecified atom stereocenters. The Labute approximate surface area is 73.6 Å². The molecule has 0 fully saturated rings. The largest absolute Gasteiger partial charge is 0.245 e. The monoisotopic (exact) mass is 166 g/mol. The number of rotatable bonds is 3. The van der Waals surface area contributed by atoms with Crippen LogP contribution >= 0.6 is 0 Å². The highest BCUT2D eigenvalue weighted by atomic mass is 15.6. The molecule has 4 nitrogen and oxygen atoms in total. The zero-order chi connectivity index (χ0) is 9.72. The van der Waals surface area contributed by atoms with E-state index in [0.29, 0.717) is 0 Å². The van der Waals surface area contributed by atoms with Crippen molar-refractivity contribution in [3.63, 3.8) is 0 Å². The lowest BCUT2D eigenvalue weighted by Crippen LogP contribution is -2.47. The summed E-state index contributed by atoms with van der Waals surface area (Å²) in [5.74, 6) is 0. The predicted octanol–water partition coefficient (Wildman–Crippen LogP) is 0.589. The van der Waals surface area contributed by atoms with Gasteiger partial charge < -0.3 is 0 Å². The second kappa shape index (κ2) is 4.71. The molecule has 12 heavy (non-hydrogen) atoms. The fraction of sp³-hybridized carbons (Fsp3) is 0.750. The minimum Gasteiger partial charge on any atom is -0.245 e. The van der Waals surface area contributed by atoms with Crippen molar-refractivity contribution < 1.29 is 0 Å². The highest BCUT2D eigenvalue weighted by Gasteiger charge is 2.21. The molecule has 0 aliphatic heterocycles. The maximum atomic E-state index is 8.67. The van der Waals surface area contributed by atoms with E-state index in [1.165, 1.54) is 0 Å². The SMILES string of the molecule is C[C@H](C#N)N([C@H](C)C#N)N(C)C. The molecular weight excluding hydrogens is 152 g/mol. The van der Waals surface area contributed by atoms with Crippen LogP contribution in [-0.4, -0.2) is 36.2 Å². The van der Waals surface area contributed by atoms with Crippen LogP contribution in [0.4, 0.5) is 0 Å². The summed E-state index contributed by atoms with van der Waals surface area (Å²) in [4.78, 5) is 0. The van der Waals surface area contributed by atoms with E-state index >= 15 is 0 Å². The molecule has 0 aromatic heterocycles. The van der Waals surface area contributed by atoms with E-state index in [0.717, 1.165) is 0 Å². The van der Waals surface area contributed by atoms with Gasteiger partial charge in [-0.3, -0.25) is 0 Å². The normalized spacial score (nSPS) is 15.3. The van der Waals surface area contributed by atoms with Crippen LogP contribution in [0.2, 0.25) is 0 Å². The van der Waals surface area contributed by atoms with Gasteiger partial charge in [0.1, 0.15) is 12.1 Å². The quantitative estimate of drug-likeness (QED) is 0.576.